The van der Waals surface area contributed by atoms with Crippen molar-refractivity contribution in [1.29, 1.82) is 0 Å². The molecule has 0 aliphatic rings. The standard InChI is InChI=1S/C30H35NO5/c1-29(2,22-34-27(32)25-16-10-6-11-17-25)31(36-21-20-24-14-8-5-9-15-24)30(3,4)23-35-28(33)26-18-12-7-13-19-26/h5-19H,20-23H2,1-4H3. The zero-order valence-corrected chi connectivity index (χ0v) is 21.5. The normalized spacial score (nSPS) is 11.8. The quantitative estimate of drug-likeness (QED) is 0.239. The maximum absolute atomic E-state index is 12.6. The lowest BCUT2D eigenvalue weighted by atomic mass is 9.97. The molecular formula is C30H35NO5. The summed E-state index contributed by atoms with van der Waals surface area (Å²) < 4.78 is 11.3. The second kappa shape index (κ2) is 12.5. The largest absolute Gasteiger partial charge is 0.460 e. The highest BCUT2D eigenvalue weighted by Crippen LogP contribution is 2.28. The zero-order chi connectivity index (χ0) is 26.0. The molecule has 0 atom stereocenters. The van der Waals surface area contributed by atoms with E-state index >= 15 is 0 Å². The molecule has 0 saturated heterocycles. The van der Waals surface area contributed by atoms with E-state index in [1.165, 1.54) is 0 Å². The highest BCUT2D eigenvalue weighted by atomic mass is 16.7. The third kappa shape index (κ3) is 7.77. The number of hydroxylamine groups is 2. The van der Waals surface area contributed by atoms with Gasteiger partial charge in [0.15, 0.2) is 0 Å². The van der Waals surface area contributed by atoms with E-state index in [2.05, 4.69) is 0 Å². The monoisotopic (exact) mass is 489 g/mol. The van der Waals surface area contributed by atoms with Crippen molar-refractivity contribution in [2.75, 3.05) is 19.8 Å². The molecule has 0 aliphatic heterocycles. The van der Waals surface area contributed by atoms with E-state index in [-0.39, 0.29) is 13.2 Å². The molecule has 0 radical (unpaired) electrons. The van der Waals surface area contributed by atoms with Gasteiger partial charge in [0.1, 0.15) is 13.2 Å². The van der Waals surface area contributed by atoms with Crippen LogP contribution in [0.3, 0.4) is 0 Å². The van der Waals surface area contributed by atoms with Crippen molar-refractivity contribution in [3.63, 3.8) is 0 Å². The Labute approximate surface area is 213 Å². The molecule has 6 nitrogen and oxygen atoms in total. The SMILES string of the molecule is CC(C)(COC(=O)c1ccccc1)N(OCCc1ccccc1)C(C)(C)COC(=O)c1ccccc1. The molecule has 3 aromatic carbocycles. The third-order valence-corrected chi connectivity index (χ3v) is 5.69. The summed E-state index contributed by atoms with van der Waals surface area (Å²) in [6.45, 7) is 8.34. The summed E-state index contributed by atoms with van der Waals surface area (Å²) in [6.07, 6.45) is 0.705. The van der Waals surface area contributed by atoms with Gasteiger partial charge in [0.05, 0.1) is 28.8 Å². The van der Waals surface area contributed by atoms with Gasteiger partial charge >= 0.3 is 11.9 Å². The Morgan fingerprint density at radius 2 is 1.03 bits per heavy atom. The highest BCUT2D eigenvalue weighted by Gasteiger charge is 2.41. The van der Waals surface area contributed by atoms with Crippen LogP contribution < -0.4 is 0 Å². The van der Waals surface area contributed by atoms with Crippen molar-refractivity contribution in [1.82, 2.24) is 5.06 Å². The van der Waals surface area contributed by atoms with Gasteiger partial charge in [-0.3, -0.25) is 4.84 Å². The highest BCUT2D eigenvalue weighted by molar-refractivity contribution is 5.89. The molecule has 0 unspecified atom stereocenters. The fourth-order valence-electron chi connectivity index (χ4n) is 3.98. The molecule has 6 heteroatoms. The number of rotatable bonds is 12. The van der Waals surface area contributed by atoms with Gasteiger partial charge in [-0.2, -0.15) is 5.06 Å². The first-order chi connectivity index (χ1) is 17.2. The van der Waals surface area contributed by atoms with Crippen LogP contribution in [0.25, 0.3) is 0 Å². The molecule has 0 N–H and O–H groups in total. The lowest BCUT2D eigenvalue weighted by Crippen LogP contribution is -2.59. The molecule has 0 aliphatic carbocycles. The van der Waals surface area contributed by atoms with Crippen molar-refractivity contribution in [2.45, 2.75) is 45.2 Å². The van der Waals surface area contributed by atoms with Crippen LogP contribution in [0.2, 0.25) is 0 Å². The number of hydrogen-bond donors (Lipinski definition) is 0. The minimum absolute atomic E-state index is 0.0854. The van der Waals surface area contributed by atoms with E-state index in [1.54, 1.807) is 53.6 Å². The van der Waals surface area contributed by atoms with Gasteiger partial charge in [-0.1, -0.05) is 66.7 Å². The molecule has 3 aromatic rings. The summed E-state index contributed by atoms with van der Waals surface area (Å²) in [5.41, 5.74) is 0.689. The lowest BCUT2D eigenvalue weighted by molar-refractivity contribution is -0.277. The molecule has 0 amide bonds. The van der Waals surface area contributed by atoms with Gasteiger partial charge in [0.2, 0.25) is 0 Å². The summed E-state index contributed by atoms with van der Waals surface area (Å²) in [7, 11) is 0. The van der Waals surface area contributed by atoms with E-state index < -0.39 is 23.0 Å². The Balaban J connectivity index is 1.71. The Kier molecular flexibility index (Phi) is 9.39. The fourth-order valence-corrected chi connectivity index (χ4v) is 3.98. The molecule has 0 saturated carbocycles. The minimum atomic E-state index is -0.718. The van der Waals surface area contributed by atoms with Crippen molar-refractivity contribution in [3.8, 4) is 0 Å². The fraction of sp³-hybridized carbons (Fsp3) is 0.333. The molecule has 0 spiro atoms. The molecule has 0 bridgehead atoms. The van der Waals surface area contributed by atoms with Gasteiger partial charge in [0.25, 0.3) is 0 Å². The Hall–Kier alpha value is -3.48. The van der Waals surface area contributed by atoms with Crippen molar-refractivity contribution >= 4 is 11.9 Å². The molecule has 0 heterocycles. The van der Waals surface area contributed by atoms with Gasteiger partial charge in [0, 0.05) is 0 Å². The average molecular weight is 490 g/mol. The van der Waals surface area contributed by atoms with Crippen molar-refractivity contribution in [2.24, 2.45) is 0 Å². The van der Waals surface area contributed by atoms with E-state index in [4.69, 9.17) is 14.3 Å². The minimum Gasteiger partial charge on any atom is -0.460 e. The Bertz CT molecular complexity index is 1030. The summed E-state index contributed by atoms with van der Waals surface area (Å²) in [6, 6.07) is 27.8. The van der Waals surface area contributed by atoms with Crippen LogP contribution in [0.5, 0.6) is 0 Å². The Morgan fingerprint density at radius 1 is 0.639 bits per heavy atom. The van der Waals surface area contributed by atoms with E-state index in [0.29, 0.717) is 24.2 Å². The van der Waals surface area contributed by atoms with Crippen LogP contribution in [0.4, 0.5) is 0 Å². The first kappa shape index (κ1) is 27.1. The number of nitrogens with zero attached hydrogens (tertiary/aromatic N) is 1. The maximum atomic E-state index is 12.6. The summed E-state index contributed by atoms with van der Waals surface area (Å²) in [5.74, 6) is -0.803. The smallest absolute Gasteiger partial charge is 0.338 e. The number of carbonyl (C=O) groups is 2. The topological polar surface area (TPSA) is 65.1 Å². The van der Waals surface area contributed by atoms with E-state index in [9.17, 15) is 9.59 Å². The van der Waals surface area contributed by atoms with Crippen LogP contribution in [0, 0.1) is 0 Å². The van der Waals surface area contributed by atoms with Gasteiger partial charge in [-0.05, 0) is 63.9 Å². The Morgan fingerprint density at radius 3 is 1.44 bits per heavy atom. The second-order valence-electron chi connectivity index (χ2n) is 9.87. The van der Waals surface area contributed by atoms with Crippen molar-refractivity contribution < 1.29 is 23.9 Å². The van der Waals surface area contributed by atoms with Crippen LogP contribution in [0.15, 0.2) is 91.0 Å². The predicted octanol–water partition coefficient (Wildman–Crippen LogP) is 5.73. The molecule has 190 valence electrons. The van der Waals surface area contributed by atoms with Gasteiger partial charge in [-0.25, -0.2) is 9.59 Å². The number of carbonyl (C=O) groups excluding carboxylic acids is 2. The zero-order valence-electron chi connectivity index (χ0n) is 21.5. The maximum Gasteiger partial charge on any atom is 0.338 e. The second-order valence-corrected chi connectivity index (χ2v) is 9.87. The van der Waals surface area contributed by atoms with Crippen LogP contribution in [-0.4, -0.2) is 47.9 Å². The van der Waals surface area contributed by atoms with Crippen LogP contribution in [0.1, 0.15) is 54.0 Å². The molecule has 36 heavy (non-hydrogen) atoms. The summed E-state index contributed by atoms with van der Waals surface area (Å²) in [4.78, 5) is 31.5. The van der Waals surface area contributed by atoms with Crippen LogP contribution in [-0.2, 0) is 20.7 Å². The summed E-state index contributed by atoms with van der Waals surface area (Å²) in [5, 5.41) is 1.79. The van der Waals surface area contributed by atoms with E-state index in [1.807, 2.05) is 70.2 Å². The van der Waals surface area contributed by atoms with Crippen LogP contribution >= 0.6 is 0 Å². The first-order valence-electron chi connectivity index (χ1n) is 12.1. The predicted molar refractivity (Wildman–Crippen MR) is 140 cm³/mol. The van der Waals surface area contributed by atoms with E-state index in [0.717, 1.165) is 5.56 Å². The number of esters is 2. The number of ether oxygens (including phenoxy) is 2. The lowest BCUT2D eigenvalue weighted by Gasteiger charge is -2.46. The van der Waals surface area contributed by atoms with Gasteiger partial charge < -0.3 is 9.47 Å². The molecule has 0 aromatic heterocycles. The average Bonchev–Trinajstić information content (AvgIpc) is 2.90. The van der Waals surface area contributed by atoms with Gasteiger partial charge in [-0.15, -0.1) is 0 Å². The molecular weight excluding hydrogens is 454 g/mol. The third-order valence-electron chi connectivity index (χ3n) is 5.69. The summed E-state index contributed by atoms with van der Waals surface area (Å²) >= 11 is 0. The van der Waals surface area contributed by atoms with Crippen molar-refractivity contribution in [3.05, 3.63) is 108 Å². The number of hydrogen-bond acceptors (Lipinski definition) is 6. The molecule has 3 rings (SSSR count). The number of benzene rings is 3. The molecule has 0 fully saturated rings. The first-order valence-corrected chi connectivity index (χ1v) is 12.1.